The Balaban J connectivity index is 2.14. The normalized spacial score (nSPS) is 14.5. The Hall–Kier alpha value is -3.38. The van der Waals surface area contributed by atoms with Crippen LogP contribution in [0.15, 0.2) is 73.8 Å². The molecule has 2 aromatic carbocycles. The smallest absolute Gasteiger partial charge is 0.350 e. The van der Waals surface area contributed by atoms with E-state index in [4.69, 9.17) is 18.9 Å². The molecule has 37 heavy (non-hydrogen) atoms. The second-order valence-electron chi connectivity index (χ2n) is 9.82. The molecule has 2 unspecified atom stereocenters. The van der Waals surface area contributed by atoms with E-state index >= 15 is 0 Å². The van der Waals surface area contributed by atoms with Crippen molar-refractivity contribution in [3.8, 4) is 11.5 Å². The Morgan fingerprint density at radius 1 is 0.730 bits per heavy atom. The first-order valence-electron chi connectivity index (χ1n) is 12.6. The average Bonchev–Trinajstić information content (AvgIpc) is 2.90. The molecule has 2 atom stereocenters. The van der Waals surface area contributed by atoms with Crippen LogP contribution in [0.1, 0.15) is 65.5 Å². The molecule has 0 heterocycles. The van der Waals surface area contributed by atoms with E-state index in [2.05, 4.69) is 27.0 Å². The molecule has 0 aromatic heterocycles. The minimum absolute atomic E-state index is 0.143. The lowest BCUT2D eigenvalue weighted by molar-refractivity contribution is -0.160. The molecule has 0 N–H and O–H groups in total. The molecule has 0 radical (unpaired) electrons. The molecule has 0 bridgehead atoms. The van der Waals surface area contributed by atoms with E-state index in [9.17, 15) is 9.59 Å². The maximum atomic E-state index is 12.7. The van der Waals surface area contributed by atoms with Crippen molar-refractivity contribution in [1.82, 2.24) is 0 Å². The molecule has 0 amide bonds. The zero-order valence-electron chi connectivity index (χ0n) is 23.0. The molecular formula is C31H40O6. The van der Waals surface area contributed by atoms with Crippen molar-refractivity contribution in [2.75, 3.05) is 13.2 Å². The van der Waals surface area contributed by atoms with E-state index in [1.807, 2.05) is 50.2 Å². The van der Waals surface area contributed by atoms with Gasteiger partial charge in [-0.2, -0.15) is 0 Å². The Morgan fingerprint density at radius 2 is 1.22 bits per heavy atom. The quantitative estimate of drug-likeness (QED) is 0.163. The zero-order chi connectivity index (χ0) is 27.7. The molecule has 0 fully saturated rings. The highest BCUT2D eigenvalue weighted by Gasteiger charge is 2.36. The van der Waals surface area contributed by atoms with E-state index in [1.165, 1.54) is 6.08 Å². The number of hydrogen-bond donors (Lipinski definition) is 0. The van der Waals surface area contributed by atoms with Gasteiger partial charge in [0.25, 0.3) is 0 Å². The second kappa shape index (κ2) is 12.7. The first kappa shape index (κ1) is 29.8. The van der Waals surface area contributed by atoms with Gasteiger partial charge < -0.3 is 18.9 Å². The van der Waals surface area contributed by atoms with Crippen LogP contribution in [0.5, 0.6) is 11.5 Å². The molecule has 2 rings (SSSR count). The van der Waals surface area contributed by atoms with Gasteiger partial charge in [-0.25, -0.2) is 9.59 Å². The number of rotatable bonds is 14. The molecule has 0 spiro atoms. The summed E-state index contributed by atoms with van der Waals surface area (Å²) in [6.45, 7) is 19.1. The topological polar surface area (TPSA) is 71.1 Å². The maximum Gasteiger partial charge on any atom is 0.350 e. The lowest BCUT2D eigenvalue weighted by atomic mass is 9.78. The van der Waals surface area contributed by atoms with E-state index < -0.39 is 23.1 Å². The Morgan fingerprint density at radius 3 is 1.68 bits per heavy atom. The predicted molar refractivity (Wildman–Crippen MR) is 146 cm³/mol. The van der Waals surface area contributed by atoms with Gasteiger partial charge in [-0.1, -0.05) is 70.7 Å². The fourth-order valence-electron chi connectivity index (χ4n) is 3.61. The van der Waals surface area contributed by atoms with Gasteiger partial charge in [0.2, 0.25) is 5.60 Å². The summed E-state index contributed by atoms with van der Waals surface area (Å²) in [7, 11) is 0. The Kier molecular flexibility index (Phi) is 10.3. The SMILES string of the molecule is C=CCOC(=O)C(C)(CC)Oc1ccc(C(C)(C)c2ccc(OC(=O)C(C)(CC)OCC=C)cc2)cc1. The number of benzene rings is 2. The summed E-state index contributed by atoms with van der Waals surface area (Å²) in [5.41, 5.74) is -0.338. The second-order valence-corrected chi connectivity index (χ2v) is 9.82. The van der Waals surface area contributed by atoms with Gasteiger partial charge in [0.05, 0.1) is 6.61 Å². The molecule has 6 heteroatoms. The third kappa shape index (κ3) is 7.32. The number of esters is 2. The summed E-state index contributed by atoms with van der Waals surface area (Å²) in [6.07, 6.45) is 4.09. The van der Waals surface area contributed by atoms with Crippen molar-refractivity contribution >= 4 is 11.9 Å². The van der Waals surface area contributed by atoms with E-state index in [1.54, 1.807) is 32.1 Å². The monoisotopic (exact) mass is 508 g/mol. The summed E-state index contributed by atoms with van der Waals surface area (Å²) >= 11 is 0. The predicted octanol–water partition coefficient (Wildman–Crippen LogP) is 6.57. The van der Waals surface area contributed by atoms with Gasteiger partial charge in [0, 0.05) is 5.41 Å². The number of ether oxygens (including phenoxy) is 4. The molecular weight excluding hydrogens is 468 g/mol. The van der Waals surface area contributed by atoms with E-state index in [0.717, 1.165) is 11.1 Å². The zero-order valence-corrected chi connectivity index (χ0v) is 23.0. The van der Waals surface area contributed by atoms with Crippen LogP contribution < -0.4 is 9.47 Å². The Labute approximate surface area is 221 Å². The van der Waals surface area contributed by atoms with Crippen molar-refractivity contribution in [2.45, 2.75) is 71.0 Å². The van der Waals surface area contributed by atoms with E-state index in [-0.39, 0.29) is 18.6 Å². The third-order valence-corrected chi connectivity index (χ3v) is 6.77. The van der Waals surface area contributed by atoms with Crippen LogP contribution in [0.2, 0.25) is 0 Å². The van der Waals surface area contributed by atoms with Crippen LogP contribution in [-0.2, 0) is 24.5 Å². The van der Waals surface area contributed by atoms with Crippen LogP contribution in [0.3, 0.4) is 0 Å². The lowest BCUT2D eigenvalue weighted by Gasteiger charge is -2.29. The minimum Gasteiger partial charge on any atom is -0.476 e. The van der Waals surface area contributed by atoms with Crippen LogP contribution in [0.4, 0.5) is 0 Å². The van der Waals surface area contributed by atoms with Crippen LogP contribution >= 0.6 is 0 Å². The molecule has 0 saturated carbocycles. The van der Waals surface area contributed by atoms with Gasteiger partial charge >= 0.3 is 11.9 Å². The lowest BCUT2D eigenvalue weighted by Crippen LogP contribution is -2.42. The fraction of sp³-hybridized carbons (Fsp3) is 0.419. The van der Waals surface area contributed by atoms with Crippen molar-refractivity contribution in [1.29, 1.82) is 0 Å². The van der Waals surface area contributed by atoms with E-state index in [0.29, 0.717) is 24.3 Å². The summed E-state index contributed by atoms with van der Waals surface area (Å²) < 4.78 is 22.5. The van der Waals surface area contributed by atoms with Crippen molar-refractivity contribution in [2.24, 2.45) is 0 Å². The van der Waals surface area contributed by atoms with Crippen LogP contribution in [-0.4, -0.2) is 36.4 Å². The van der Waals surface area contributed by atoms with Gasteiger partial charge in [-0.15, -0.1) is 6.58 Å². The minimum atomic E-state index is -1.09. The number of carbonyl (C=O) groups excluding carboxylic acids is 2. The Bertz CT molecular complexity index is 1070. The molecule has 0 aliphatic carbocycles. The highest BCUT2D eigenvalue weighted by atomic mass is 16.6. The molecule has 0 aliphatic heterocycles. The van der Waals surface area contributed by atoms with Crippen molar-refractivity contribution in [3.05, 3.63) is 85.0 Å². The fourth-order valence-corrected chi connectivity index (χ4v) is 3.61. The number of carbonyl (C=O) groups is 2. The first-order valence-corrected chi connectivity index (χ1v) is 12.6. The van der Waals surface area contributed by atoms with Crippen molar-refractivity contribution < 1.29 is 28.5 Å². The van der Waals surface area contributed by atoms with Crippen LogP contribution in [0.25, 0.3) is 0 Å². The highest BCUT2D eigenvalue weighted by molar-refractivity contribution is 5.81. The summed E-state index contributed by atoms with van der Waals surface area (Å²) in [5, 5.41) is 0. The molecule has 200 valence electrons. The maximum absolute atomic E-state index is 12.7. The molecule has 2 aromatic rings. The highest BCUT2D eigenvalue weighted by Crippen LogP contribution is 2.34. The van der Waals surface area contributed by atoms with Gasteiger partial charge in [-0.3, -0.25) is 0 Å². The molecule has 6 nitrogen and oxygen atoms in total. The third-order valence-electron chi connectivity index (χ3n) is 6.77. The van der Waals surface area contributed by atoms with Crippen LogP contribution in [0, 0.1) is 0 Å². The molecule has 0 aliphatic rings. The summed E-state index contributed by atoms with van der Waals surface area (Å²) in [4.78, 5) is 25.1. The average molecular weight is 509 g/mol. The standard InChI is InChI=1S/C31H40O6/c1-9-21-34-27(32)31(8,12-4)37-26-19-15-24(16-20-26)29(5,6)23-13-17-25(18-14-23)36-28(33)30(7,11-3)35-22-10-2/h9-10,13-20H,1-2,11-12,21-22H2,3-8H3. The summed E-state index contributed by atoms with van der Waals surface area (Å²) in [6, 6.07) is 15.2. The first-order chi connectivity index (χ1) is 17.5. The van der Waals surface area contributed by atoms with Gasteiger partial charge in [-0.05, 0) is 62.1 Å². The number of hydrogen-bond acceptors (Lipinski definition) is 6. The van der Waals surface area contributed by atoms with Gasteiger partial charge in [0.1, 0.15) is 18.1 Å². The largest absolute Gasteiger partial charge is 0.476 e. The van der Waals surface area contributed by atoms with Gasteiger partial charge in [0.15, 0.2) is 5.60 Å². The summed E-state index contributed by atoms with van der Waals surface area (Å²) in [5.74, 6) is 0.176. The molecule has 0 saturated heterocycles. The van der Waals surface area contributed by atoms with Crippen molar-refractivity contribution in [3.63, 3.8) is 0 Å².